The number of nitrogens with one attached hydrogen (secondary N) is 1. The van der Waals surface area contributed by atoms with Crippen molar-refractivity contribution in [3.63, 3.8) is 0 Å². The van der Waals surface area contributed by atoms with Crippen LogP contribution in [0.1, 0.15) is 41.9 Å². The minimum atomic E-state index is -0.694. The molecule has 1 amide bonds. The molecule has 2 aromatic heterocycles. The number of carbonyl (C=O) groups excluding carboxylic acids is 1. The average molecular weight is 384 g/mol. The van der Waals surface area contributed by atoms with Crippen LogP contribution in [0.3, 0.4) is 0 Å². The molecule has 0 aliphatic carbocycles. The van der Waals surface area contributed by atoms with Gasteiger partial charge in [-0.05, 0) is 47.9 Å². The van der Waals surface area contributed by atoms with Crippen molar-refractivity contribution in [1.29, 1.82) is 0 Å². The largest absolute Gasteiger partial charge is 0.347 e. The van der Waals surface area contributed by atoms with E-state index < -0.39 is 6.04 Å². The number of rotatable bonds is 6. The van der Waals surface area contributed by atoms with E-state index in [9.17, 15) is 9.18 Å². The first kappa shape index (κ1) is 18.2. The number of carbonyl (C=O) groups is 1. The first-order chi connectivity index (χ1) is 13.6. The van der Waals surface area contributed by atoms with Crippen molar-refractivity contribution in [2.75, 3.05) is 0 Å². The van der Waals surface area contributed by atoms with Crippen LogP contribution in [0.15, 0.2) is 24.3 Å². The third-order valence-electron chi connectivity index (χ3n) is 4.93. The molecule has 1 aliphatic heterocycles. The Balaban J connectivity index is 1.52. The Bertz CT molecular complexity index is 982. The van der Waals surface area contributed by atoms with E-state index in [1.165, 1.54) is 16.8 Å². The van der Waals surface area contributed by atoms with Crippen LogP contribution in [0, 0.1) is 12.7 Å². The van der Waals surface area contributed by atoms with Crippen LogP contribution in [0.5, 0.6) is 0 Å². The van der Waals surface area contributed by atoms with E-state index in [2.05, 4.69) is 35.6 Å². The van der Waals surface area contributed by atoms with Crippen LogP contribution in [0.4, 0.5) is 4.39 Å². The zero-order chi connectivity index (χ0) is 19.5. The number of nitrogens with zero attached hydrogens (tertiary/aromatic N) is 7. The van der Waals surface area contributed by atoms with Gasteiger partial charge in [-0.3, -0.25) is 4.79 Å². The lowest BCUT2D eigenvalue weighted by molar-refractivity contribution is -0.124. The van der Waals surface area contributed by atoms with Crippen LogP contribution >= 0.6 is 0 Å². The molecule has 28 heavy (non-hydrogen) atoms. The summed E-state index contributed by atoms with van der Waals surface area (Å²) in [7, 11) is 0. The molecular weight excluding hydrogens is 363 g/mol. The van der Waals surface area contributed by atoms with Gasteiger partial charge in [0, 0.05) is 19.4 Å². The lowest BCUT2D eigenvalue weighted by atomic mass is 10.1. The smallest absolute Gasteiger partial charge is 0.245 e. The Morgan fingerprint density at radius 3 is 2.96 bits per heavy atom. The maximum absolute atomic E-state index is 13.6. The van der Waals surface area contributed by atoms with E-state index in [0.717, 1.165) is 37.5 Å². The predicted molar refractivity (Wildman–Crippen MR) is 96.5 cm³/mol. The third kappa shape index (κ3) is 3.75. The highest BCUT2D eigenvalue weighted by Gasteiger charge is 2.25. The first-order valence-electron chi connectivity index (χ1n) is 9.29. The van der Waals surface area contributed by atoms with Crippen LogP contribution in [-0.2, 0) is 30.7 Å². The van der Waals surface area contributed by atoms with E-state index in [1.54, 1.807) is 19.1 Å². The fourth-order valence-corrected chi connectivity index (χ4v) is 3.49. The SMILES string of the molecule is Cc1nnnn1C(Cc1cccc(F)c1)C(=O)NCc1nnc2n1CCCC2. The zero-order valence-electron chi connectivity index (χ0n) is 15.5. The molecule has 9 nitrogen and oxygen atoms in total. The molecule has 0 spiro atoms. The van der Waals surface area contributed by atoms with Crippen molar-refractivity contribution in [2.45, 2.75) is 51.7 Å². The maximum atomic E-state index is 13.6. The van der Waals surface area contributed by atoms with Gasteiger partial charge in [-0.2, -0.15) is 0 Å². The quantitative estimate of drug-likeness (QED) is 0.684. The number of amides is 1. The molecular formula is C18H21FN8O. The lowest BCUT2D eigenvalue weighted by Crippen LogP contribution is -2.35. The van der Waals surface area contributed by atoms with Crippen LogP contribution in [-0.4, -0.2) is 40.9 Å². The Morgan fingerprint density at radius 2 is 2.18 bits per heavy atom. The van der Waals surface area contributed by atoms with Gasteiger partial charge >= 0.3 is 0 Å². The molecule has 1 aromatic carbocycles. The topological polar surface area (TPSA) is 103 Å². The van der Waals surface area contributed by atoms with Crippen molar-refractivity contribution in [1.82, 2.24) is 40.3 Å². The Morgan fingerprint density at radius 1 is 1.29 bits per heavy atom. The monoisotopic (exact) mass is 384 g/mol. The van der Waals surface area contributed by atoms with Gasteiger partial charge in [0.05, 0.1) is 6.54 Å². The molecule has 1 aliphatic rings. The van der Waals surface area contributed by atoms with Gasteiger partial charge in [0.1, 0.15) is 23.5 Å². The second-order valence-electron chi connectivity index (χ2n) is 6.88. The summed E-state index contributed by atoms with van der Waals surface area (Å²) in [6.07, 6.45) is 3.37. The van der Waals surface area contributed by atoms with E-state index >= 15 is 0 Å². The second-order valence-corrected chi connectivity index (χ2v) is 6.88. The van der Waals surface area contributed by atoms with Gasteiger partial charge < -0.3 is 9.88 Å². The summed E-state index contributed by atoms with van der Waals surface area (Å²) in [5.74, 6) is 1.61. The van der Waals surface area contributed by atoms with Crippen molar-refractivity contribution < 1.29 is 9.18 Å². The zero-order valence-corrected chi connectivity index (χ0v) is 15.5. The molecule has 3 aromatic rings. The van der Waals surface area contributed by atoms with Gasteiger partial charge in [-0.1, -0.05) is 12.1 Å². The lowest BCUT2D eigenvalue weighted by Gasteiger charge is -2.18. The van der Waals surface area contributed by atoms with Gasteiger partial charge in [0.25, 0.3) is 0 Å². The summed E-state index contributed by atoms with van der Waals surface area (Å²) < 4.78 is 17.1. The number of aromatic nitrogens is 7. The highest BCUT2D eigenvalue weighted by molar-refractivity contribution is 5.80. The number of benzene rings is 1. The number of hydrogen-bond donors (Lipinski definition) is 1. The molecule has 10 heteroatoms. The van der Waals surface area contributed by atoms with Crippen molar-refractivity contribution in [2.24, 2.45) is 0 Å². The standard InChI is InChI=1S/C18H21FN8O/c1-12-21-24-25-27(12)15(10-13-5-4-6-14(19)9-13)18(28)20-11-17-23-22-16-7-2-3-8-26(16)17/h4-6,9,15H,2-3,7-8,10-11H2,1H3,(H,20,28). The van der Waals surface area contributed by atoms with Gasteiger partial charge in [0.2, 0.25) is 5.91 Å². The van der Waals surface area contributed by atoms with E-state index in [1.807, 2.05) is 0 Å². The molecule has 0 saturated carbocycles. The number of fused-ring (bicyclic) bond motifs is 1. The molecule has 4 rings (SSSR count). The minimum Gasteiger partial charge on any atom is -0.347 e. The second kappa shape index (κ2) is 7.83. The van der Waals surface area contributed by atoms with Gasteiger partial charge in [-0.25, -0.2) is 9.07 Å². The normalized spacial score (nSPS) is 14.5. The Hall–Kier alpha value is -3.17. The van der Waals surface area contributed by atoms with Crippen molar-refractivity contribution >= 4 is 5.91 Å². The summed E-state index contributed by atoms with van der Waals surface area (Å²) >= 11 is 0. The summed E-state index contributed by atoms with van der Waals surface area (Å²) in [6.45, 7) is 2.86. The number of aryl methyl sites for hydroxylation is 2. The average Bonchev–Trinajstić information content (AvgIpc) is 3.30. The van der Waals surface area contributed by atoms with E-state index in [4.69, 9.17) is 0 Å². The molecule has 1 N–H and O–H groups in total. The summed E-state index contributed by atoms with van der Waals surface area (Å²) in [5, 5.41) is 22.8. The van der Waals surface area contributed by atoms with Gasteiger partial charge in [-0.15, -0.1) is 15.3 Å². The minimum absolute atomic E-state index is 0.257. The molecule has 0 radical (unpaired) electrons. The predicted octanol–water partition coefficient (Wildman–Crippen LogP) is 1.15. The molecule has 146 valence electrons. The Labute approximate surface area is 161 Å². The van der Waals surface area contributed by atoms with Crippen LogP contribution in [0.25, 0.3) is 0 Å². The number of hydrogen-bond acceptors (Lipinski definition) is 6. The molecule has 1 unspecified atom stereocenters. The highest BCUT2D eigenvalue weighted by atomic mass is 19.1. The highest BCUT2D eigenvalue weighted by Crippen LogP contribution is 2.17. The molecule has 0 bridgehead atoms. The van der Waals surface area contributed by atoms with Crippen molar-refractivity contribution in [3.05, 3.63) is 53.1 Å². The maximum Gasteiger partial charge on any atom is 0.245 e. The number of halogens is 1. The van der Waals surface area contributed by atoms with Crippen LogP contribution < -0.4 is 5.32 Å². The Kier molecular flexibility index (Phi) is 5.09. The fraction of sp³-hybridized carbons (Fsp3) is 0.444. The fourth-order valence-electron chi connectivity index (χ4n) is 3.49. The summed E-state index contributed by atoms with van der Waals surface area (Å²) in [5.41, 5.74) is 0.690. The van der Waals surface area contributed by atoms with E-state index in [-0.39, 0.29) is 24.7 Å². The number of tetrazole rings is 1. The molecule has 1 atom stereocenters. The summed E-state index contributed by atoms with van der Waals surface area (Å²) in [6, 6.07) is 5.48. The van der Waals surface area contributed by atoms with E-state index in [0.29, 0.717) is 11.4 Å². The van der Waals surface area contributed by atoms with Gasteiger partial charge in [0.15, 0.2) is 5.82 Å². The molecule has 0 fully saturated rings. The van der Waals surface area contributed by atoms with Crippen LogP contribution in [0.2, 0.25) is 0 Å². The molecule has 0 saturated heterocycles. The molecule has 3 heterocycles. The first-order valence-corrected chi connectivity index (χ1v) is 9.29. The van der Waals surface area contributed by atoms with Crippen molar-refractivity contribution in [3.8, 4) is 0 Å². The summed E-state index contributed by atoms with van der Waals surface area (Å²) in [4.78, 5) is 13.0. The third-order valence-corrected chi connectivity index (χ3v) is 4.93.